The largest absolute Gasteiger partial charge is 0.460 e. The first-order valence-corrected chi connectivity index (χ1v) is 8.93. The van der Waals surface area contributed by atoms with Gasteiger partial charge in [0.15, 0.2) is 6.17 Å². The van der Waals surface area contributed by atoms with Crippen LogP contribution in [-0.4, -0.2) is 54.6 Å². The van der Waals surface area contributed by atoms with Crippen LogP contribution in [0.25, 0.3) is 0 Å². The molecule has 0 saturated carbocycles. The number of carbonyl (C=O) groups is 3. The molecule has 28 heavy (non-hydrogen) atoms. The van der Waals surface area contributed by atoms with E-state index in [1.54, 1.807) is 32.9 Å². The van der Waals surface area contributed by atoms with Crippen molar-refractivity contribution in [2.75, 3.05) is 14.1 Å². The third-order valence-corrected chi connectivity index (χ3v) is 4.01. The average molecular weight is 393 g/mol. The van der Waals surface area contributed by atoms with Crippen LogP contribution in [0.1, 0.15) is 32.8 Å². The van der Waals surface area contributed by atoms with Gasteiger partial charge in [-0.1, -0.05) is 30.3 Å². The second-order valence-corrected chi connectivity index (χ2v) is 7.32. The number of carbonyl (C=O) groups excluding carboxylic acids is 3. The van der Waals surface area contributed by atoms with Gasteiger partial charge in [0.05, 0.1) is 0 Å². The molecule has 0 aromatic heterocycles. The number of rotatable bonds is 6. The van der Waals surface area contributed by atoms with Crippen molar-refractivity contribution in [3.05, 3.63) is 35.9 Å². The fourth-order valence-electron chi connectivity index (χ4n) is 2.83. The SMILES string of the molecule is CNC1C(=O)OC(CC(=O)OC(C)(C)C)(NC)N1C(=O)OCc1ccccc1. The maximum atomic E-state index is 12.8. The highest BCUT2D eigenvalue weighted by atomic mass is 16.6. The number of nitrogens with one attached hydrogen (secondary N) is 2. The van der Waals surface area contributed by atoms with E-state index in [4.69, 9.17) is 14.2 Å². The Kier molecular flexibility index (Phi) is 6.63. The number of ether oxygens (including phenoxy) is 3. The number of likely N-dealkylation sites (N-methyl/N-ethyl adjacent to an activating group) is 1. The topological polar surface area (TPSA) is 106 Å². The first kappa shape index (κ1) is 21.6. The Bertz CT molecular complexity index is 718. The van der Waals surface area contributed by atoms with Gasteiger partial charge in [0.2, 0.25) is 0 Å². The summed E-state index contributed by atoms with van der Waals surface area (Å²) in [5.74, 6) is -3.06. The van der Waals surface area contributed by atoms with E-state index in [2.05, 4.69) is 10.6 Å². The third kappa shape index (κ3) is 4.99. The molecule has 1 aromatic carbocycles. The Hall–Kier alpha value is -2.65. The minimum Gasteiger partial charge on any atom is -0.460 e. The lowest BCUT2D eigenvalue weighted by Crippen LogP contribution is -2.62. The summed E-state index contributed by atoms with van der Waals surface area (Å²) in [7, 11) is 2.98. The molecule has 1 heterocycles. The van der Waals surface area contributed by atoms with Crippen LogP contribution in [0.3, 0.4) is 0 Å². The molecule has 0 radical (unpaired) electrons. The molecule has 1 aliphatic heterocycles. The molecule has 1 aliphatic rings. The quantitative estimate of drug-likeness (QED) is 0.551. The highest BCUT2D eigenvalue weighted by Crippen LogP contribution is 2.30. The molecule has 2 N–H and O–H groups in total. The zero-order valence-corrected chi connectivity index (χ0v) is 16.8. The smallest absolute Gasteiger partial charge is 0.416 e. The summed E-state index contributed by atoms with van der Waals surface area (Å²) in [6.45, 7) is 5.17. The van der Waals surface area contributed by atoms with Crippen LogP contribution < -0.4 is 10.6 Å². The first-order valence-electron chi connectivity index (χ1n) is 8.93. The van der Waals surface area contributed by atoms with E-state index in [0.29, 0.717) is 0 Å². The van der Waals surface area contributed by atoms with Gasteiger partial charge in [0, 0.05) is 0 Å². The normalized spacial score (nSPS) is 22.0. The Morgan fingerprint density at radius 3 is 2.39 bits per heavy atom. The summed E-state index contributed by atoms with van der Waals surface area (Å²) in [5.41, 5.74) is 0.0564. The second-order valence-electron chi connectivity index (χ2n) is 7.32. The van der Waals surface area contributed by atoms with Gasteiger partial charge in [0.1, 0.15) is 18.6 Å². The molecule has 1 amide bonds. The number of benzene rings is 1. The molecular weight excluding hydrogens is 366 g/mol. The zero-order valence-electron chi connectivity index (χ0n) is 16.8. The number of nitrogens with zero attached hydrogens (tertiary/aromatic N) is 1. The molecule has 1 aromatic rings. The van der Waals surface area contributed by atoms with Gasteiger partial charge in [-0.3, -0.25) is 15.4 Å². The molecule has 1 fully saturated rings. The number of amides is 1. The van der Waals surface area contributed by atoms with Crippen molar-refractivity contribution in [1.29, 1.82) is 0 Å². The lowest BCUT2D eigenvalue weighted by Gasteiger charge is -2.35. The molecule has 0 spiro atoms. The highest BCUT2D eigenvalue weighted by Gasteiger charge is 2.57. The van der Waals surface area contributed by atoms with Crippen LogP contribution >= 0.6 is 0 Å². The predicted molar refractivity (Wildman–Crippen MR) is 99.7 cm³/mol. The van der Waals surface area contributed by atoms with Crippen molar-refractivity contribution >= 4 is 18.0 Å². The maximum absolute atomic E-state index is 12.8. The molecule has 2 atom stereocenters. The van der Waals surface area contributed by atoms with E-state index in [0.717, 1.165) is 10.5 Å². The monoisotopic (exact) mass is 393 g/mol. The van der Waals surface area contributed by atoms with Gasteiger partial charge in [-0.25, -0.2) is 14.5 Å². The zero-order chi connectivity index (χ0) is 20.9. The van der Waals surface area contributed by atoms with Crippen LogP contribution in [-0.2, 0) is 30.4 Å². The van der Waals surface area contributed by atoms with Gasteiger partial charge in [-0.05, 0) is 40.4 Å². The first-order chi connectivity index (χ1) is 13.1. The Balaban J connectivity index is 2.22. The number of esters is 2. The van der Waals surface area contributed by atoms with Crippen molar-refractivity contribution in [3.63, 3.8) is 0 Å². The minimum absolute atomic E-state index is 0.00697. The summed E-state index contributed by atoms with van der Waals surface area (Å²) < 4.78 is 16.1. The van der Waals surface area contributed by atoms with Crippen LogP contribution in [0.2, 0.25) is 0 Å². The van der Waals surface area contributed by atoms with Crippen LogP contribution in [0.15, 0.2) is 30.3 Å². The van der Waals surface area contributed by atoms with E-state index < -0.39 is 42.1 Å². The summed E-state index contributed by atoms with van der Waals surface area (Å²) in [4.78, 5) is 38.5. The standard InChI is InChI=1S/C19H27N3O6/c1-18(2,3)27-14(23)11-19(21-5)22(15(20-4)16(24)28-19)17(25)26-12-13-9-7-6-8-10-13/h6-10,15,20-21H,11-12H2,1-5H3. The molecule has 0 aliphatic carbocycles. The number of cyclic esters (lactones) is 1. The van der Waals surface area contributed by atoms with E-state index in [1.165, 1.54) is 14.1 Å². The number of hydrogen-bond donors (Lipinski definition) is 2. The van der Waals surface area contributed by atoms with Crippen molar-refractivity contribution < 1.29 is 28.6 Å². The molecule has 9 nitrogen and oxygen atoms in total. The Morgan fingerprint density at radius 1 is 1.21 bits per heavy atom. The van der Waals surface area contributed by atoms with Gasteiger partial charge >= 0.3 is 18.0 Å². The molecule has 9 heteroatoms. The predicted octanol–water partition coefficient (Wildman–Crippen LogP) is 1.33. The lowest BCUT2D eigenvalue weighted by molar-refractivity contribution is -0.174. The fraction of sp³-hybridized carbons (Fsp3) is 0.526. The van der Waals surface area contributed by atoms with Gasteiger partial charge < -0.3 is 14.2 Å². The van der Waals surface area contributed by atoms with E-state index in [9.17, 15) is 14.4 Å². The van der Waals surface area contributed by atoms with E-state index in [-0.39, 0.29) is 6.61 Å². The van der Waals surface area contributed by atoms with E-state index in [1.807, 2.05) is 18.2 Å². The lowest BCUT2D eigenvalue weighted by atomic mass is 10.2. The molecular formula is C19H27N3O6. The second kappa shape index (κ2) is 8.57. The van der Waals surface area contributed by atoms with Crippen molar-refractivity contribution in [3.8, 4) is 0 Å². The fourth-order valence-corrected chi connectivity index (χ4v) is 2.83. The van der Waals surface area contributed by atoms with Crippen LogP contribution in [0.4, 0.5) is 4.79 Å². The number of hydrogen-bond acceptors (Lipinski definition) is 8. The van der Waals surface area contributed by atoms with E-state index >= 15 is 0 Å². The Morgan fingerprint density at radius 2 is 1.86 bits per heavy atom. The maximum Gasteiger partial charge on any atom is 0.416 e. The van der Waals surface area contributed by atoms with Gasteiger partial charge in [0.25, 0.3) is 5.85 Å². The summed E-state index contributed by atoms with van der Waals surface area (Å²) >= 11 is 0. The van der Waals surface area contributed by atoms with Gasteiger partial charge in [-0.15, -0.1) is 0 Å². The molecule has 154 valence electrons. The third-order valence-electron chi connectivity index (χ3n) is 4.01. The van der Waals surface area contributed by atoms with Gasteiger partial charge in [-0.2, -0.15) is 0 Å². The molecule has 2 rings (SSSR count). The summed E-state index contributed by atoms with van der Waals surface area (Å²) in [5, 5.41) is 5.47. The van der Waals surface area contributed by atoms with Crippen molar-refractivity contribution in [2.24, 2.45) is 0 Å². The summed E-state index contributed by atoms with van der Waals surface area (Å²) in [6.07, 6.45) is -2.32. The summed E-state index contributed by atoms with van der Waals surface area (Å²) in [6, 6.07) is 9.11. The molecule has 2 unspecified atom stereocenters. The van der Waals surface area contributed by atoms with Crippen LogP contribution in [0, 0.1) is 0 Å². The average Bonchev–Trinajstić information content (AvgIpc) is 2.90. The Labute approximate surface area is 164 Å². The molecule has 0 bridgehead atoms. The van der Waals surface area contributed by atoms with Crippen LogP contribution in [0.5, 0.6) is 0 Å². The van der Waals surface area contributed by atoms with Crippen molar-refractivity contribution in [2.45, 2.75) is 51.4 Å². The molecule has 1 saturated heterocycles. The highest BCUT2D eigenvalue weighted by molar-refractivity contribution is 5.86. The minimum atomic E-state index is -1.72. The van der Waals surface area contributed by atoms with Crippen molar-refractivity contribution in [1.82, 2.24) is 15.5 Å².